The number of sulfone groups is 1. The van der Waals surface area contributed by atoms with E-state index in [0.717, 1.165) is 0 Å². The molecular weight excluding hydrogens is 317 g/mol. The van der Waals surface area contributed by atoms with Crippen LogP contribution in [0.3, 0.4) is 0 Å². The lowest BCUT2D eigenvalue weighted by Crippen LogP contribution is -2.07. The largest absolute Gasteiger partial charge is 0.399 e. The van der Waals surface area contributed by atoms with E-state index in [-0.39, 0.29) is 15.7 Å². The summed E-state index contributed by atoms with van der Waals surface area (Å²) < 4.78 is 24.9. The van der Waals surface area contributed by atoms with E-state index in [1.165, 1.54) is 6.07 Å². The van der Waals surface area contributed by atoms with Crippen molar-refractivity contribution in [3.05, 3.63) is 57.6 Å². The van der Waals surface area contributed by atoms with E-state index in [0.29, 0.717) is 21.8 Å². The summed E-state index contributed by atoms with van der Waals surface area (Å²) in [6.45, 7) is 1.71. The molecule has 0 fully saturated rings. The van der Waals surface area contributed by atoms with Crippen LogP contribution in [0.1, 0.15) is 11.1 Å². The van der Waals surface area contributed by atoms with Gasteiger partial charge in [0.25, 0.3) is 0 Å². The summed E-state index contributed by atoms with van der Waals surface area (Å²) in [5.74, 6) is -0.197. The van der Waals surface area contributed by atoms with Gasteiger partial charge < -0.3 is 5.73 Å². The van der Waals surface area contributed by atoms with Crippen LogP contribution >= 0.6 is 23.2 Å². The maximum absolute atomic E-state index is 12.5. The van der Waals surface area contributed by atoms with Crippen LogP contribution in [0.2, 0.25) is 10.0 Å². The van der Waals surface area contributed by atoms with Gasteiger partial charge in [-0.05, 0) is 42.3 Å². The van der Waals surface area contributed by atoms with Crippen LogP contribution in [0.15, 0.2) is 41.3 Å². The van der Waals surface area contributed by atoms with Crippen LogP contribution in [0, 0.1) is 6.92 Å². The van der Waals surface area contributed by atoms with E-state index in [9.17, 15) is 8.42 Å². The molecule has 0 saturated heterocycles. The minimum absolute atomic E-state index is 0.197. The molecule has 2 rings (SSSR count). The number of anilines is 1. The molecule has 0 atom stereocenters. The van der Waals surface area contributed by atoms with Crippen molar-refractivity contribution in [2.45, 2.75) is 17.6 Å². The number of nitrogens with two attached hydrogens (primary N) is 1. The van der Waals surface area contributed by atoms with Crippen LogP contribution < -0.4 is 5.73 Å². The second kappa shape index (κ2) is 5.64. The maximum Gasteiger partial charge on any atom is 0.182 e. The number of nitrogen functional groups attached to an aromatic ring is 1. The maximum atomic E-state index is 12.5. The van der Waals surface area contributed by atoms with Gasteiger partial charge in [0.2, 0.25) is 0 Å². The fraction of sp³-hybridized carbons (Fsp3) is 0.143. The molecule has 6 heteroatoms. The number of benzene rings is 2. The smallest absolute Gasteiger partial charge is 0.182 e. The Hall–Kier alpha value is -1.23. The molecule has 20 heavy (non-hydrogen) atoms. The molecule has 0 radical (unpaired) electrons. The molecule has 0 heterocycles. The summed E-state index contributed by atoms with van der Waals surface area (Å²) in [6, 6.07) is 9.66. The first-order valence-electron chi connectivity index (χ1n) is 5.83. The molecule has 2 aromatic carbocycles. The number of halogens is 2. The third-order valence-electron chi connectivity index (χ3n) is 2.91. The van der Waals surface area contributed by atoms with Gasteiger partial charge in [-0.25, -0.2) is 8.42 Å². The monoisotopic (exact) mass is 329 g/mol. The summed E-state index contributed by atoms with van der Waals surface area (Å²) in [7, 11) is -3.50. The van der Waals surface area contributed by atoms with E-state index < -0.39 is 9.84 Å². The van der Waals surface area contributed by atoms with Crippen molar-refractivity contribution in [3.8, 4) is 0 Å². The number of aryl methyl sites for hydroxylation is 1. The van der Waals surface area contributed by atoms with Crippen molar-refractivity contribution < 1.29 is 8.42 Å². The molecule has 0 aliphatic rings. The van der Waals surface area contributed by atoms with E-state index in [1.807, 2.05) is 0 Å². The molecule has 106 valence electrons. The van der Waals surface area contributed by atoms with Gasteiger partial charge >= 0.3 is 0 Å². The lowest BCUT2D eigenvalue weighted by molar-refractivity contribution is 0.594. The third kappa shape index (κ3) is 3.08. The standard InChI is InChI=1S/C14H13Cl2NO2S/c1-9-7-11(17)5-6-13(9)20(18,19)8-10-3-2-4-12(15)14(10)16/h2-7H,8,17H2,1H3. The molecule has 3 nitrogen and oxygen atoms in total. The fourth-order valence-corrected chi connectivity index (χ4v) is 4.06. The minimum Gasteiger partial charge on any atom is -0.399 e. The molecule has 2 N–H and O–H groups in total. The quantitative estimate of drug-likeness (QED) is 0.870. The zero-order valence-electron chi connectivity index (χ0n) is 10.7. The summed E-state index contributed by atoms with van der Waals surface area (Å²) in [4.78, 5) is 0.253. The molecular formula is C14H13Cl2NO2S. The number of hydrogen-bond acceptors (Lipinski definition) is 3. The Balaban J connectivity index is 2.44. The normalized spacial score (nSPS) is 11.6. The highest BCUT2D eigenvalue weighted by Crippen LogP contribution is 2.29. The Morgan fingerprint density at radius 2 is 1.85 bits per heavy atom. The number of hydrogen-bond donors (Lipinski definition) is 1. The zero-order chi connectivity index (χ0) is 14.9. The zero-order valence-corrected chi connectivity index (χ0v) is 13.1. The van der Waals surface area contributed by atoms with Crippen molar-refractivity contribution in [2.24, 2.45) is 0 Å². The Morgan fingerprint density at radius 3 is 2.50 bits per heavy atom. The first-order chi connectivity index (χ1) is 9.31. The Morgan fingerprint density at radius 1 is 1.15 bits per heavy atom. The molecule has 0 aromatic heterocycles. The van der Waals surface area contributed by atoms with E-state index in [4.69, 9.17) is 28.9 Å². The highest BCUT2D eigenvalue weighted by molar-refractivity contribution is 7.90. The van der Waals surface area contributed by atoms with Gasteiger partial charge in [0.1, 0.15) is 0 Å². The molecule has 0 bridgehead atoms. The van der Waals surface area contributed by atoms with Crippen molar-refractivity contribution in [3.63, 3.8) is 0 Å². The van der Waals surface area contributed by atoms with Gasteiger partial charge in [0.05, 0.1) is 20.7 Å². The summed E-state index contributed by atoms with van der Waals surface area (Å²) >= 11 is 11.9. The van der Waals surface area contributed by atoms with Crippen LogP contribution in [0.5, 0.6) is 0 Å². The predicted octanol–water partition coefficient (Wildman–Crippen LogP) is 3.86. The van der Waals surface area contributed by atoms with Crippen LogP contribution in [-0.4, -0.2) is 8.42 Å². The van der Waals surface area contributed by atoms with Crippen molar-refractivity contribution in [1.82, 2.24) is 0 Å². The first-order valence-corrected chi connectivity index (χ1v) is 8.24. The average molecular weight is 330 g/mol. The Labute approximate surface area is 128 Å². The molecule has 0 aliphatic heterocycles. The van der Waals surface area contributed by atoms with Crippen molar-refractivity contribution in [2.75, 3.05) is 5.73 Å². The Bertz CT molecular complexity index is 758. The summed E-state index contributed by atoms with van der Waals surface area (Å²) in [6.07, 6.45) is 0. The second-order valence-electron chi connectivity index (χ2n) is 4.50. The van der Waals surface area contributed by atoms with Crippen molar-refractivity contribution in [1.29, 1.82) is 0 Å². The first kappa shape index (κ1) is 15.2. The Kier molecular flexibility index (Phi) is 4.28. The molecule has 0 aliphatic carbocycles. The molecule has 2 aromatic rings. The number of rotatable bonds is 3. The predicted molar refractivity (Wildman–Crippen MR) is 82.9 cm³/mol. The summed E-state index contributed by atoms with van der Waals surface area (Å²) in [5, 5.41) is 0.610. The third-order valence-corrected chi connectivity index (χ3v) is 5.59. The highest BCUT2D eigenvalue weighted by atomic mass is 35.5. The fourth-order valence-electron chi connectivity index (χ4n) is 1.96. The SMILES string of the molecule is Cc1cc(N)ccc1S(=O)(=O)Cc1cccc(Cl)c1Cl. The highest BCUT2D eigenvalue weighted by Gasteiger charge is 2.20. The van der Waals surface area contributed by atoms with Crippen LogP contribution in [0.25, 0.3) is 0 Å². The van der Waals surface area contributed by atoms with E-state index in [2.05, 4.69) is 0 Å². The van der Waals surface area contributed by atoms with Gasteiger partial charge in [-0.3, -0.25) is 0 Å². The molecule has 0 spiro atoms. The van der Waals surface area contributed by atoms with Crippen LogP contribution in [-0.2, 0) is 15.6 Å². The van der Waals surface area contributed by atoms with Gasteiger partial charge in [-0.2, -0.15) is 0 Å². The summed E-state index contributed by atoms with van der Waals surface area (Å²) in [5.41, 5.74) is 7.26. The average Bonchev–Trinajstić information content (AvgIpc) is 2.34. The molecule has 0 amide bonds. The van der Waals surface area contributed by atoms with E-state index >= 15 is 0 Å². The minimum atomic E-state index is -3.50. The molecule has 0 saturated carbocycles. The second-order valence-corrected chi connectivity index (χ2v) is 7.24. The van der Waals surface area contributed by atoms with Gasteiger partial charge in [-0.1, -0.05) is 35.3 Å². The lowest BCUT2D eigenvalue weighted by atomic mass is 10.2. The van der Waals surface area contributed by atoms with Gasteiger partial charge in [0.15, 0.2) is 9.84 Å². The van der Waals surface area contributed by atoms with Gasteiger partial charge in [-0.15, -0.1) is 0 Å². The lowest BCUT2D eigenvalue weighted by Gasteiger charge is -2.10. The van der Waals surface area contributed by atoms with E-state index in [1.54, 1.807) is 37.3 Å². The van der Waals surface area contributed by atoms with Crippen LogP contribution in [0.4, 0.5) is 5.69 Å². The van der Waals surface area contributed by atoms with Gasteiger partial charge in [0, 0.05) is 5.69 Å². The van der Waals surface area contributed by atoms with Crippen molar-refractivity contribution >= 4 is 38.7 Å². The molecule has 0 unspecified atom stereocenters. The topological polar surface area (TPSA) is 60.2 Å².